The maximum Gasteiger partial charge on any atom is 0.326 e. The fourth-order valence-corrected chi connectivity index (χ4v) is 2.06. The summed E-state index contributed by atoms with van der Waals surface area (Å²) >= 11 is 0. The van der Waals surface area contributed by atoms with E-state index in [0.29, 0.717) is 6.54 Å². The molecule has 4 N–H and O–H groups in total. The zero-order valence-corrected chi connectivity index (χ0v) is 11.7. The third kappa shape index (κ3) is 5.43. The third-order valence-corrected chi connectivity index (χ3v) is 3.30. The van der Waals surface area contributed by atoms with Crippen LogP contribution in [0.2, 0.25) is 0 Å². The Morgan fingerprint density at radius 2 is 1.95 bits per heavy atom. The van der Waals surface area contributed by atoms with E-state index < -0.39 is 30.4 Å². The van der Waals surface area contributed by atoms with Crippen molar-refractivity contribution in [1.82, 2.24) is 15.1 Å². The number of nitrogens with one attached hydrogen (secondary N) is 1. The molecule has 0 radical (unpaired) electrons. The largest absolute Gasteiger partial charge is 0.480 e. The van der Waals surface area contributed by atoms with Gasteiger partial charge in [-0.25, -0.2) is 9.59 Å². The Morgan fingerprint density at radius 1 is 1.35 bits per heavy atom. The topological polar surface area (TPSA) is 116 Å². The molecule has 1 rings (SSSR count). The molecule has 8 nitrogen and oxygen atoms in total. The average Bonchev–Trinajstić information content (AvgIpc) is 2.87. The fraction of sp³-hybridized carbons (Fsp3) is 0.750. The number of rotatable bonds is 7. The number of likely N-dealkylation sites (tertiary alicyclic amines) is 1. The van der Waals surface area contributed by atoms with E-state index in [-0.39, 0.29) is 0 Å². The molecule has 0 aromatic heterocycles. The van der Waals surface area contributed by atoms with Crippen LogP contribution < -0.4 is 11.1 Å². The number of nitrogens with two attached hydrogens (primary N) is 1. The second-order valence-corrected chi connectivity index (χ2v) is 4.98. The molecule has 1 saturated heterocycles. The summed E-state index contributed by atoms with van der Waals surface area (Å²) in [5, 5.41) is 11.2. The maximum absolute atomic E-state index is 11.8. The van der Waals surface area contributed by atoms with Crippen LogP contribution in [0.25, 0.3) is 0 Å². The number of carboxylic acid groups (broad SMARTS) is 1. The Bertz CT molecular complexity index is 368. The number of amides is 3. The SMILES string of the molecule is CN(CCN1CCCC1)C(=O)N[C@H](CC(N)=O)C(=O)O. The zero-order chi connectivity index (χ0) is 15.1. The molecule has 0 bridgehead atoms. The minimum absolute atomic E-state index is 0.416. The number of primary amides is 1. The highest BCUT2D eigenvalue weighted by atomic mass is 16.4. The van der Waals surface area contributed by atoms with Crippen LogP contribution in [-0.2, 0) is 9.59 Å². The van der Waals surface area contributed by atoms with Gasteiger partial charge in [0.05, 0.1) is 6.42 Å². The molecule has 1 fully saturated rings. The second kappa shape index (κ2) is 7.68. The number of urea groups is 1. The molecule has 1 aliphatic heterocycles. The maximum atomic E-state index is 11.8. The number of hydrogen-bond acceptors (Lipinski definition) is 4. The summed E-state index contributed by atoms with van der Waals surface area (Å²) in [6.07, 6.45) is 1.94. The van der Waals surface area contributed by atoms with Crippen LogP contribution in [0.5, 0.6) is 0 Å². The van der Waals surface area contributed by atoms with Crippen LogP contribution >= 0.6 is 0 Å². The highest BCUT2D eigenvalue weighted by Crippen LogP contribution is 2.06. The van der Waals surface area contributed by atoms with Crippen LogP contribution in [0.3, 0.4) is 0 Å². The van der Waals surface area contributed by atoms with Gasteiger partial charge in [0.25, 0.3) is 0 Å². The van der Waals surface area contributed by atoms with Gasteiger partial charge in [-0.1, -0.05) is 0 Å². The van der Waals surface area contributed by atoms with Crippen molar-refractivity contribution in [2.24, 2.45) is 5.73 Å². The predicted molar refractivity (Wildman–Crippen MR) is 72.1 cm³/mol. The van der Waals surface area contributed by atoms with Gasteiger partial charge < -0.3 is 26.0 Å². The van der Waals surface area contributed by atoms with Crippen molar-refractivity contribution in [2.45, 2.75) is 25.3 Å². The van der Waals surface area contributed by atoms with E-state index in [4.69, 9.17) is 10.8 Å². The van der Waals surface area contributed by atoms with E-state index in [9.17, 15) is 14.4 Å². The molecular weight excluding hydrogens is 264 g/mol. The Morgan fingerprint density at radius 3 is 2.45 bits per heavy atom. The highest BCUT2D eigenvalue weighted by molar-refractivity contribution is 5.87. The van der Waals surface area contributed by atoms with E-state index in [0.717, 1.165) is 19.6 Å². The lowest BCUT2D eigenvalue weighted by molar-refractivity contribution is -0.140. The fourth-order valence-electron chi connectivity index (χ4n) is 2.06. The molecule has 0 spiro atoms. The summed E-state index contributed by atoms with van der Waals surface area (Å²) in [4.78, 5) is 37.2. The number of hydrogen-bond donors (Lipinski definition) is 3. The van der Waals surface area contributed by atoms with E-state index >= 15 is 0 Å². The van der Waals surface area contributed by atoms with Crippen LogP contribution in [0, 0.1) is 0 Å². The van der Waals surface area contributed by atoms with Crippen molar-refractivity contribution in [1.29, 1.82) is 0 Å². The van der Waals surface area contributed by atoms with Crippen molar-refractivity contribution >= 4 is 17.9 Å². The molecule has 20 heavy (non-hydrogen) atoms. The van der Waals surface area contributed by atoms with Crippen molar-refractivity contribution in [3.05, 3.63) is 0 Å². The van der Waals surface area contributed by atoms with Gasteiger partial charge in [-0.05, 0) is 25.9 Å². The molecule has 0 aromatic rings. The lowest BCUT2D eigenvalue weighted by Gasteiger charge is -2.23. The lowest BCUT2D eigenvalue weighted by atomic mass is 10.2. The summed E-state index contributed by atoms with van der Waals surface area (Å²) < 4.78 is 0. The van der Waals surface area contributed by atoms with Gasteiger partial charge in [-0.15, -0.1) is 0 Å². The number of carbonyl (C=O) groups is 3. The molecule has 0 aromatic carbocycles. The molecule has 8 heteroatoms. The monoisotopic (exact) mass is 286 g/mol. The smallest absolute Gasteiger partial charge is 0.326 e. The van der Waals surface area contributed by atoms with Crippen molar-refractivity contribution in [3.8, 4) is 0 Å². The van der Waals surface area contributed by atoms with Crippen molar-refractivity contribution in [2.75, 3.05) is 33.2 Å². The Hall–Kier alpha value is -1.83. The van der Waals surface area contributed by atoms with Crippen molar-refractivity contribution in [3.63, 3.8) is 0 Å². The van der Waals surface area contributed by atoms with Gasteiger partial charge in [-0.3, -0.25) is 4.79 Å². The van der Waals surface area contributed by atoms with Gasteiger partial charge in [0.2, 0.25) is 5.91 Å². The van der Waals surface area contributed by atoms with Crippen molar-refractivity contribution < 1.29 is 19.5 Å². The number of likely N-dealkylation sites (N-methyl/N-ethyl adjacent to an activating group) is 1. The average molecular weight is 286 g/mol. The van der Waals surface area contributed by atoms with E-state index in [1.54, 1.807) is 7.05 Å². The second-order valence-electron chi connectivity index (χ2n) is 4.98. The lowest BCUT2D eigenvalue weighted by Crippen LogP contribution is -2.49. The first-order valence-corrected chi connectivity index (χ1v) is 6.65. The zero-order valence-electron chi connectivity index (χ0n) is 11.7. The van der Waals surface area contributed by atoms with Gasteiger partial charge in [0.1, 0.15) is 6.04 Å². The molecule has 1 heterocycles. The summed E-state index contributed by atoms with van der Waals surface area (Å²) in [6, 6.07) is -1.80. The third-order valence-electron chi connectivity index (χ3n) is 3.30. The molecule has 0 unspecified atom stereocenters. The van der Waals surface area contributed by atoms with Gasteiger partial charge in [0.15, 0.2) is 0 Å². The van der Waals surface area contributed by atoms with Gasteiger partial charge in [0, 0.05) is 20.1 Å². The molecule has 114 valence electrons. The number of carboxylic acids is 1. The first-order chi connectivity index (χ1) is 9.40. The van der Waals surface area contributed by atoms with E-state index in [1.807, 2.05) is 0 Å². The normalized spacial score (nSPS) is 16.6. The quantitative estimate of drug-likeness (QED) is 0.558. The minimum atomic E-state index is -1.28. The summed E-state index contributed by atoms with van der Waals surface area (Å²) in [5.74, 6) is -2.04. The summed E-state index contributed by atoms with van der Waals surface area (Å²) in [7, 11) is 1.59. The molecule has 3 amide bonds. The minimum Gasteiger partial charge on any atom is -0.480 e. The first kappa shape index (κ1) is 16.2. The number of aliphatic carboxylic acids is 1. The van der Waals surface area contributed by atoms with Gasteiger partial charge in [-0.2, -0.15) is 0 Å². The molecule has 1 atom stereocenters. The Kier molecular flexibility index (Phi) is 6.23. The number of nitrogens with zero attached hydrogens (tertiary/aromatic N) is 2. The van der Waals surface area contributed by atoms with Gasteiger partial charge >= 0.3 is 12.0 Å². The molecule has 1 aliphatic rings. The van der Waals surface area contributed by atoms with E-state index in [2.05, 4.69) is 10.2 Å². The predicted octanol–water partition coefficient (Wildman–Crippen LogP) is -0.948. The van der Waals surface area contributed by atoms with Crippen LogP contribution in [0.4, 0.5) is 4.79 Å². The van der Waals surface area contributed by atoms with Crippen LogP contribution in [0.1, 0.15) is 19.3 Å². The molecule has 0 saturated carbocycles. The van der Waals surface area contributed by atoms with Crippen LogP contribution in [0.15, 0.2) is 0 Å². The Balaban J connectivity index is 2.37. The summed E-state index contributed by atoms with van der Waals surface area (Å²) in [6.45, 7) is 3.34. The first-order valence-electron chi connectivity index (χ1n) is 6.65. The van der Waals surface area contributed by atoms with E-state index in [1.165, 1.54) is 17.7 Å². The highest BCUT2D eigenvalue weighted by Gasteiger charge is 2.23. The number of carbonyl (C=O) groups excluding carboxylic acids is 2. The summed E-state index contributed by atoms with van der Waals surface area (Å²) in [5.41, 5.74) is 4.95. The molecule has 0 aliphatic carbocycles. The Labute approximate surface area is 117 Å². The molecular formula is C12H22N4O4. The standard InChI is InChI=1S/C12H22N4O4/c1-15(6-7-16-4-2-3-5-16)12(20)14-9(11(18)19)8-10(13)17/h9H,2-8H2,1H3,(H2,13,17)(H,14,20)(H,18,19)/t9-/m1/s1. The van der Waals surface area contributed by atoms with Crippen LogP contribution in [-0.4, -0.2) is 72.1 Å².